The molecule has 0 aromatic carbocycles. The summed E-state index contributed by atoms with van der Waals surface area (Å²) in [6.07, 6.45) is 2.74. The zero-order valence-electron chi connectivity index (χ0n) is 3.96. The standard InChI is InChI=1S/C4H7N3/c1-3-6-7-4-5-2/h3-4,6H,1-2H2/b7-4-. The third-order valence-electron chi connectivity index (χ3n) is 0.305. The molecule has 0 atom stereocenters. The minimum Gasteiger partial charge on any atom is -0.285 e. The Morgan fingerprint density at radius 3 is 2.71 bits per heavy atom. The Morgan fingerprint density at radius 2 is 2.29 bits per heavy atom. The van der Waals surface area contributed by atoms with Gasteiger partial charge in [-0.3, -0.25) is 10.4 Å². The Kier molecular flexibility index (Phi) is 4.10. The summed E-state index contributed by atoms with van der Waals surface area (Å²) in [7, 11) is 0. The molecule has 0 radical (unpaired) electrons. The van der Waals surface area contributed by atoms with E-state index in [-0.39, 0.29) is 0 Å². The first kappa shape index (κ1) is 5.88. The monoisotopic (exact) mass is 97.1 g/mol. The number of rotatable bonds is 3. The topological polar surface area (TPSA) is 36.8 Å². The molecule has 0 aromatic heterocycles. The lowest BCUT2D eigenvalue weighted by Crippen LogP contribution is -1.89. The number of hydrogen-bond donors (Lipinski definition) is 1. The number of nitrogens with one attached hydrogen (secondary N) is 1. The first-order valence-electron chi connectivity index (χ1n) is 1.75. The van der Waals surface area contributed by atoms with Crippen LogP contribution in [0, 0.1) is 0 Å². The summed E-state index contributed by atoms with van der Waals surface area (Å²) in [6.45, 7) is 6.50. The minimum atomic E-state index is 1.29. The second-order valence-electron chi connectivity index (χ2n) is 0.760. The van der Waals surface area contributed by atoms with Crippen LogP contribution in [0.3, 0.4) is 0 Å². The smallest absolute Gasteiger partial charge is 0.134 e. The Bertz CT molecular complexity index is 84.9. The molecule has 3 heteroatoms. The van der Waals surface area contributed by atoms with E-state index in [4.69, 9.17) is 0 Å². The summed E-state index contributed by atoms with van der Waals surface area (Å²) in [4.78, 5) is 3.32. The fraction of sp³-hybridized carbons (Fsp3) is 0. The fourth-order valence-corrected chi connectivity index (χ4v) is 0.127. The van der Waals surface area contributed by atoms with Gasteiger partial charge in [-0.1, -0.05) is 6.58 Å². The Hall–Kier alpha value is -1.12. The van der Waals surface area contributed by atoms with Crippen LogP contribution in [0.1, 0.15) is 0 Å². The van der Waals surface area contributed by atoms with Crippen LogP contribution in [-0.2, 0) is 0 Å². The second-order valence-corrected chi connectivity index (χ2v) is 0.760. The molecule has 0 heterocycles. The Morgan fingerprint density at radius 1 is 1.57 bits per heavy atom. The maximum absolute atomic E-state index is 3.49. The van der Waals surface area contributed by atoms with Crippen molar-refractivity contribution in [2.24, 2.45) is 10.1 Å². The molecule has 0 amide bonds. The average Bonchev–Trinajstić information content (AvgIpc) is 1.69. The molecule has 7 heavy (non-hydrogen) atoms. The van der Waals surface area contributed by atoms with E-state index in [0.29, 0.717) is 0 Å². The van der Waals surface area contributed by atoms with Gasteiger partial charge >= 0.3 is 0 Å². The van der Waals surface area contributed by atoms with Crippen molar-refractivity contribution >= 4 is 13.1 Å². The van der Waals surface area contributed by atoms with Crippen LogP contribution in [0.5, 0.6) is 0 Å². The lowest BCUT2D eigenvalue weighted by Gasteiger charge is -1.79. The van der Waals surface area contributed by atoms with Gasteiger partial charge in [0.1, 0.15) is 6.34 Å². The molecule has 0 aliphatic rings. The normalized spacial score (nSPS) is 8.57. The van der Waals surface area contributed by atoms with E-state index in [0.717, 1.165) is 0 Å². The van der Waals surface area contributed by atoms with E-state index in [1.807, 2.05) is 0 Å². The van der Waals surface area contributed by atoms with Gasteiger partial charge in [-0.15, -0.1) is 0 Å². The summed E-state index contributed by atoms with van der Waals surface area (Å²) in [5.41, 5.74) is 2.45. The largest absolute Gasteiger partial charge is 0.285 e. The highest BCUT2D eigenvalue weighted by molar-refractivity contribution is 5.61. The van der Waals surface area contributed by atoms with Gasteiger partial charge in [-0.05, 0) is 6.72 Å². The van der Waals surface area contributed by atoms with E-state index in [9.17, 15) is 0 Å². The van der Waals surface area contributed by atoms with Gasteiger partial charge in [0.2, 0.25) is 0 Å². The lowest BCUT2D eigenvalue weighted by molar-refractivity contribution is 0.977. The molecular weight excluding hydrogens is 90.1 g/mol. The fourth-order valence-electron chi connectivity index (χ4n) is 0.127. The quantitative estimate of drug-likeness (QED) is 0.308. The highest BCUT2D eigenvalue weighted by atomic mass is 15.3. The molecule has 0 aliphatic heterocycles. The van der Waals surface area contributed by atoms with Gasteiger partial charge in [0, 0.05) is 6.20 Å². The second kappa shape index (κ2) is 4.88. The number of aliphatic imine (C=N–C) groups is 1. The van der Waals surface area contributed by atoms with Crippen LogP contribution in [0.15, 0.2) is 22.9 Å². The van der Waals surface area contributed by atoms with Crippen molar-refractivity contribution in [3.63, 3.8) is 0 Å². The third-order valence-corrected chi connectivity index (χ3v) is 0.305. The highest BCUT2D eigenvalue weighted by Gasteiger charge is 1.54. The van der Waals surface area contributed by atoms with Gasteiger partial charge in [-0.2, -0.15) is 5.10 Å². The SMILES string of the molecule is C=CN/N=C\N=C. The maximum Gasteiger partial charge on any atom is 0.134 e. The number of nitrogens with zero attached hydrogens (tertiary/aromatic N) is 2. The maximum atomic E-state index is 3.49. The molecule has 38 valence electrons. The van der Waals surface area contributed by atoms with E-state index in [2.05, 4.69) is 28.8 Å². The zero-order chi connectivity index (χ0) is 5.54. The molecule has 3 nitrogen and oxygen atoms in total. The van der Waals surface area contributed by atoms with Crippen molar-refractivity contribution in [1.29, 1.82) is 0 Å². The van der Waals surface area contributed by atoms with Gasteiger partial charge in [0.25, 0.3) is 0 Å². The summed E-state index contributed by atoms with van der Waals surface area (Å²) in [6, 6.07) is 0. The highest BCUT2D eigenvalue weighted by Crippen LogP contribution is 1.54. The molecule has 0 saturated carbocycles. The average molecular weight is 97.1 g/mol. The minimum absolute atomic E-state index is 1.29. The Labute approximate surface area is 42.5 Å². The molecule has 0 rings (SSSR count). The van der Waals surface area contributed by atoms with Crippen molar-refractivity contribution in [3.8, 4) is 0 Å². The number of hydrazone groups is 1. The van der Waals surface area contributed by atoms with Crippen molar-refractivity contribution in [2.45, 2.75) is 0 Å². The van der Waals surface area contributed by atoms with Crippen molar-refractivity contribution in [1.82, 2.24) is 5.43 Å². The van der Waals surface area contributed by atoms with E-state index < -0.39 is 0 Å². The van der Waals surface area contributed by atoms with Crippen molar-refractivity contribution in [3.05, 3.63) is 12.8 Å². The lowest BCUT2D eigenvalue weighted by atomic mass is 11.1. The van der Waals surface area contributed by atoms with Gasteiger partial charge in [0.05, 0.1) is 0 Å². The molecule has 1 N–H and O–H groups in total. The first-order chi connectivity index (χ1) is 3.41. The molecule has 0 saturated heterocycles. The third kappa shape index (κ3) is 4.88. The molecule has 0 aliphatic carbocycles. The van der Waals surface area contributed by atoms with Crippen LogP contribution >= 0.6 is 0 Å². The van der Waals surface area contributed by atoms with Crippen LogP contribution in [0.4, 0.5) is 0 Å². The summed E-state index contributed by atoms with van der Waals surface area (Å²) in [5.74, 6) is 0. The summed E-state index contributed by atoms with van der Waals surface area (Å²) < 4.78 is 0. The van der Waals surface area contributed by atoms with E-state index in [1.165, 1.54) is 12.5 Å². The van der Waals surface area contributed by atoms with Crippen LogP contribution in [0.2, 0.25) is 0 Å². The van der Waals surface area contributed by atoms with Crippen molar-refractivity contribution < 1.29 is 0 Å². The first-order valence-corrected chi connectivity index (χ1v) is 1.75. The summed E-state index contributed by atoms with van der Waals surface area (Å²) in [5, 5.41) is 3.49. The van der Waals surface area contributed by atoms with E-state index in [1.54, 1.807) is 0 Å². The zero-order valence-corrected chi connectivity index (χ0v) is 3.96. The molecule has 0 unspecified atom stereocenters. The predicted molar refractivity (Wildman–Crippen MR) is 31.4 cm³/mol. The predicted octanol–water partition coefficient (Wildman–Crippen LogP) is 0.363. The van der Waals surface area contributed by atoms with E-state index >= 15 is 0 Å². The van der Waals surface area contributed by atoms with Crippen LogP contribution in [-0.4, -0.2) is 13.1 Å². The molecule has 0 fully saturated rings. The molecule has 0 aromatic rings. The number of hydrogen-bond acceptors (Lipinski definition) is 2. The molecule has 0 bridgehead atoms. The van der Waals surface area contributed by atoms with Gasteiger partial charge in [0.15, 0.2) is 0 Å². The van der Waals surface area contributed by atoms with Gasteiger partial charge < -0.3 is 0 Å². The molecular formula is C4H7N3. The van der Waals surface area contributed by atoms with Gasteiger partial charge in [-0.25, -0.2) is 0 Å². The molecule has 0 spiro atoms. The van der Waals surface area contributed by atoms with Crippen LogP contribution < -0.4 is 5.43 Å². The summed E-state index contributed by atoms with van der Waals surface area (Å²) >= 11 is 0. The van der Waals surface area contributed by atoms with Crippen LogP contribution in [0.25, 0.3) is 0 Å². The Balaban J connectivity index is 3.08. The van der Waals surface area contributed by atoms with Crippen molar-refractivity contribution in [2.75, 3.05) is 0 Å².